The van der Waals surface area contributed by atoms with Gasteiger partial charge < -0.3 is 5.32 Å². The zero-order chi connectivity index (χ0) is 15.4. The van der Waals surface area contributed by atoms with Crippen molar-refractivity contribution in [1.82, 2.24) is 4.57 Å². The van der Waals surface area contributed by atoms with Gasteiger partial charge in [-0.05, 0) is 19.1 Å². The maximum Gasteiger partial charge on any atom is 0.285 e. The van der Waals surface area contributed by atoms with E-state index in [1.165, 1.54) is 6.92 Å². The highest BCUT2D eigenvalue weighted by Gasteiger charge is 2.18. The van der Waals surface area contributed by atoms with E-state index >= 15 is 0 Å². The largest absolute Gasteiger partial charge is 0.324 e. The molecule has 0 saturated heterocycles. The molecule has 0 aliphatic rings. The molecule has 1 unspecified atom stereocenters. The van der Waals surface area contributed by atoms with Gasteiger partial charge in [0, 0.05) is 17.8 Å². The van der Waals surface area contributed by atoms with Crippen molar-refractivity contribution in [3.63, 3.8) is 0 Å². The first kappa shape index (κ1) is 14.4. The van der Waals surface area contributed by atoms with E-state index in [1.54, 1.807) is 24.3 Å². The van der Waals surface area contributed by atoms with Crippen LogP contribution in [0.15, 0.2) is 53.5 Å². The molecule has 1 aromatic heterocycles. The van der Waals surface area contributed by atoms with Crippen LogP contribution in [0.4, 0.5) is 11.4 Å². The molecule has 1 heterocycles. The summed E-state index contributed by atoms with van der Waals surface area (Å²) in [5.74, 6) is -0.427. The van der Waals surface area contributed by atoms with Gasteiger partial charge in [0.15, 0.2) is 0 Å². The molecule has 2 rings (SSSR count). The molecule has 0 fully saturated rings. The van der Waals surface area contributed by atoms with Gasteiger partial charge in [-0.2, -0.15) is 0 Å². The molecule has 1 aromatic carbocycles. The van der Waals surface area contributed by atoms with E-state index in [0.29, 0.717) is 5.69 Å². The molecule has 1 N–H and O–H groups in total. The number of rotatable bonds is 4. The summed E-state index contributed by atoms with van der Waals surface area (Å²) in [6.45, 7) is 1.50. The highest BCUT2D eigenvalue weighted by Crippen LogP contribution is 2.13. The van der Waals surface area contributed by atoms with E-state index in [2.05, 4.69) is 5.32 Å². The fraction of sp³-hybridized carbons (Fsp3) is 0.143. The Bertz CT molecular complexity index is 724. The Morgan fingerprint density at radius 1 is 1.24 bits per heavy atom. The van der Waals surface area contributed by atoms with Crippen molar-refractivity contribution in [2.75, 3.05) is 5.32 Å². The van der Waals surface area contributed by atoms with Gasteiger partial charge in [-0.25, -0.2) is 0 Å². The topological polar surface area (TPSA) is 94.2 Å². The number of anilines is 1. The summed E-state index contributed by atoms with van der Waals surface area (Å²) >= 11 is 0. The van der Waals surface area contributed by atoms with E-state index in [1.807, 2.05) is 6.07 Å². The number of hydrogen-bond donors (Lipinski definition) is 1. The average Bonchev–Trinajstić information content (AvgIpc) is 2.47. The first-order valence-electron chi connectivity index (χ1n) is 6.21. The van der Waals surface area contributed by atoms with Crippen LogP contribution in [0.2, 0.25) is 0 Å². The van der Waals surface area contributed by atoms with Crippen molar-refractivity contribution in [2.24, 2.45) is 0 Å². The molecule has 7 heteroatoms. The molecule has 108 valence electrons. The number of para-hydroxylation sites is 1. The van der Waals surface area contributed by atoms with Gasteiger partial charge in [0.2, 0.25) is 5.91 Å². The molecule has 0 saturated carbocycles. The number of nitro groups is 1. The number of nitrogens with zero attached hydrogens (tertiary/aromatic N) is 2. The third-order valence-corrected chi connectivity index (χ3v) is 2.97. The van der Waals surface area contributed by atoms with Crippen LogP contribution in [0.1, 0.15) is 13.0 Å². The predicted octanol–water partition coefficient (Wildman–Crippen LogP) is 1.96. The highest BCUT2D eigenvalue weighted by molar-refractivity contribution is 5.93. The monoisotopic (exact) mass is 287 g/mol. The fourth-order valence-corrected chi connectivity index (χ4v) is 1.80. The SMILES string of the molecule is CC(C(=O)Nc1ccccc1)n1cc([N+](=O)[O-])ccc1=O. The maximum absolute atomic E-state index is 12.1. The van der Waals surface area contributed by atoms with Crippen molar-refractivity contribution >= 4 is 17.3 Å². The van der Waals surface area contributed by atoms with Crippen molar-refractivity contribution in [1.29, 1.82) is 0 Å². The highest BCUT2D eigenvalue weighted by atomic mass is 16.6. The maximum atomic E-state index is 12.1. The zero-order valence-electron chi connectivity index (χ0n) is 11.2. The second kappa shape index (κ2) is 6.00. The number of carbonyl (C=O) groups excluding carboxylic acids is 1. The number of aromatic nitrogens is 1. The van der Waals surface area contributed by atoms with Gasteiger partial charge in [0.1, 0.15) is 6.04 Å². The first-order chi connectivity index (χ1) is 9.99. The second-order valence-electron chi connectivity index (χ2n) is 4.42. The molecular weight excluding hydrogens is 274 g/mol. The smallest absolute Gasteiger partial charge is 0.285 e. The summed E-state index contributed by atoms with van der Waals surface area (Å²) in [5.41, 5.74) is -0.127. The molecule has 1 amide bonds. The molecule has 0 aliphatic carbocycles. The lowest BCUT2D eigenvalue weighted by atomic mass is 10.2. The number of amides is 1. The number of hydrogen-bond acceptors (Lipinski definition) is 4. The number of nitrogens with one attached hydrogen (secondary N) is 1. The summed E-state index contributed by atoms with van der Waals surface area (Å²) in [6.07, 6.45) is 1.07. The lowest BCUT2D eigenvalue weighted by Gasteiger charge is -2.14. The van der Waals surface area contributed by atoms with Crippen molar-refractivity contribution in [3.05, 3.63) is 69.1 Å². The Morgan fingerprint density at radius 3 is 2.52 bits per heavy atom. The third-order valence-electron chi connectivity index (χ3n) is 2.97. The molecule has 0 bridgehead atoms. The van der Waals surface area contributed by atoms with Crippen molar-refractivity contribution in [3.8, 4) is 0 Å². The molecule has 1 atom stereocenters. The zero-order valence-corrected chi connectivity index (χ0v) is 11.2. The van der Waals surface area contributed by atoms with E-state index in [-0.39, 0.29) is 5.69 Å². The van der Waals surface area contributed by atoms with E-state index in [9.17, 15) is 19.7 Å². The van der Waals surface area contributed by atoms with Gasteiger partial charge in [-0.15, -0.1) is 0 Å². The Labute approximate surface area is 120 Å². The standard InChI is InChI=1S/C14H13N3O4/c1-10(14(19)15-11-5-3-2-4-6-11)16-9-12(17(20)21)7-8-13(16)18/h2-10H,1H3,(H,15,19). The average molecular weight is 287 g/mol. The third kappa shape index (κ3) is 3.33. The Kier molecular flexibility index (Phi) is 4.13. The molecule has 21 heavy (non-hydrogen) atoms. The predicted molar refractivity (Wildman–Crippen MR) is 77.1 cm³/mol. The van der Waals surface area contributed by atoms with E-state index < -0.39 is 22.4 Å². The molecule has 7 nitrogen and oxygen atoms in total. The van der Waals surface area contributed by atoms with Gasteiger partial charge in [0.25, 0.3) is 11.2 Å². The van der Waals surface area contributed by atoms with Crippen LogP contribution in [-0.2, 0) is 4.79 Å². The van der Waals surface area contributed by atoms with Crippen molar-refractivity contribution in [2.45, 2.75) is 13.0 Å². The molecule has 0 radical (unpaired) electrons. The Hall–Kier alpha value is -2.96. The molecule has 0 aliphatic heterocycles. The molecular formula is C14H13N3O4. The normalized spacial score (nSPS) is 11.7. The van der Waals surface area contributed by atoms with Crippen LogP contribution >= 0.6 is 0 Å². The van der Waals surface area contributed by atoms with Crippen LogP contribution in [0.5, 0.6) is 0 Å². The minimum atomic E-state index is -0.863. The number of benzene rings is 1. The Morgan fingerprint density at radius 2 is 1.90 bits per heavy atom. The Balaban J connectivity index is 2.25. The van der Waals surface area contributed by atoms with Gasteiger partial charge in [0.05, 0.1) is 11.1 Å². The van der Waals surface area contributed by atoms with Crippen LogP contribution in [0, 0.1) is 10.1 Å². The summed E-state index contributed by atoms with van der Waals surface area (Å²) < 4.78 is 1.04. The number of carbonyl (C=O) groups is 1. The van der Waals surface area contributed by atoms with Crippen LogP contribution in [-0.4, -0.2) is 15.4 Å². The minimum Gasteiger partial charge on any atom is -0.324 e. The second-order valence-corrected chi connectivity index (χ2v) is 4.42. The fourth-order valence-electron chi connectivity index (χ4n) is 1.80. The first-order valence-corrected chi connectivity index (χ1v) is 6.21. The minimum absolute atomic E-state index is 0.242. The molecule has 0 spiro atoms. The van der Waals surface area contributed by atoms with Gasteiger partial charge in [-0.1, -0.05) is 18.2 Å². The van der Waals surface area contributed by atoms with Crippen LogP contribution < -0.4 is 10.9 Å². The van der Waals surface area contributed by atoms with E-state index in [4.69, 9.17) is 0 Å². The van der Waals surface area contributed by atoms with Gasteiger partial charge in [-0.3, -0.25) is 24.3 Å². The van der Waals surface area contributed by atoms with Gasteiger partial charge >= 0.3 is 0 Å². The van der Waals surface area contributed by atoms with Crippen molar-refractivity contribution < 1.29 is 9.72 Å². The number of pyridine rings is 1. The van der Waals surface area contributed by atoms with Crippen LogP contribution in [0.3, 0.4) is 0 Å². The molecule has 2 aromatic rings. The summed E-state index contributed by atoms with van der Waals surface area (Å²) in [5, 5.41) is 13.4. The van der Waals surface area contributed by atoms with Crippen LogP contribution in [0.25, 0.3) is 0 Å². The van der Waals surface area contributed by atoms with E-state index in [0.717, 1.165) is 22.9 Å². The summed E-state index contributed by atoms with van der Waals surface area (Å²) in [7, 11) is 0. The summed E-state index contributed by atoms with van der Waals surface area (Å²) in [4.78, 5) is 34.0. The lowest BCUT2D eigenvalue weighted by molar-refractivity contribution is -0.385. The lowest BCUT2D eigenvalue weighted by Crippen LogP contribution is -2.31. The quantitative estimate of drug-likeness (QED) is 0.687. The summed E-state index contributed by atoms with van der Waals surface area (Å²) in [6, 6.07) is 10.1.